The summed E-state index contributed by atoms with van der Waals surface area (Å²) in [4.78, 5) is 0. The number of unbranched alkanes of at least 4 members (excludes halogenated alkanes) is 11. The summed E-state index contributed by atoms with van der Waals surface area (Å²) in [6.45, 7) is 7.47. The molecule has 0 aromatic heterocycles. The lowest BCUT2D eigenvalue weighted by Gasteiger charge is -2.04. The molecule has 0 aromatic carbocycles. The first-order valence-electron chi connectivity index (χ1n) is 10.2. The Kier molecular flexibility index (Phi) is 21.3. The molecule has 0 atom stereocenters. The third-order valence-electron chi connectivity index (χ3n) is 4.13. The highest BCUT2D eigenvalue weighted by molar-refractivity contribution is 4.81. The molecule has 0 fully saturated rings. The summed E-state index contributed by atoms with van der Waals surface area (Å²) in [5, 5.41) is 0. The fourth-order valence-electron chi connectivity index (χ4n) is 2.64. The molecule has 0 bridgehead atoms. The van der Waals surface area contributed by atoms with E-state index in [1.807, 2.05) is 6.92 Å². The molecule has 23 heavy (non-hydrogen) atoms. The molecule has 0 aliphatic heterocycles. The van der Waals surface area contributed by atoms with E-state index in [1.54, 1.807) is 0 Å². The van der Waals surface area contributed by atoms with Gasteiger partial charge in [-0.25, -0.2) is 0 Å². The largest absolute Gasteiger partial charge is 0.379 e. The molecule has 0 saturated heterocycles. The van der Waals surface area contributed by atoms with E-state index in [9.17, 15) is 0 Å². The summed E-state index contributed by atoms with van der Waals surface area (Å²) in [7, 11) is 0. The van der Waals surface area contributed by atoms with Crippen LogP contribution in [0, 0.1) is 0 Å². The average molecular weight is 327 g/mol. The van der Waals surface area contributed by atoms with Gasteiger partial charge in [-0.15, -0.1) is 0 Å². The van der Waals surface area contributed by atoms with Crippen LogP contribution in [0.25, 0.3) is 0 Å². The third kappa shape index (κ3) is 21.7. The van der Waals surface area contributed by atoms with E-state index in [2.05, 4.69) is 19.1 Å². The van der Waals surface area contributed by atoms with Gasteiger partial charge in [0.15, 0.2) is 0 Å². The summed E-state index contributed by atoms with van der Waals surface area (Å²) in [5.74, 6) is 0. The lowest BCUT2D eigenvalue weighted by molar-refractivity contribution is 0.0512. The lowest BCUT2D eigenvalue weighted by Crippen LogP contribution is -2.04. The van der Waals surface area contributed by atoms with Gasteiger partial charge in [0.1, 0.15) is 0 Å². The van der Waals surface area contributed by atoms with Crippen LogP contribution < -0.4 is 0 Å². The first-order valence-corrected chi connectivity index (χ1v) is 10.2. The van der Waals surface area contributed by atoms with Crippen LogP contribution in [0.4, 0.5) is 0 Å². The fourth-order valence-corrected chi connectivity index (χ4v) is 2.64. The lowest BCUT2D eigenvalue weighted by atomic mass is 10.1. The Bertz CT molecular complexity index is 226. The van der Waals surface area contributed by atoms with Crippen molar-refractivity contribution in [2.24, 2.45) is 0 Å². The van der Waals surface area contributed by atoms with Crippen molar-refractivity contribution < 1.29 is 9.47 Å². The molecular formula is C21H42O2. The standard InChI is InChI=1S/C21H42O2/c1-3-5-6-7-8-9-10-11-12-13-14-15-16-17-18-19-23-21-20-22-4-2/h8-9H,3-7,10-21H2,1-2H3/b9-8-. The van der Waals surface area contributed by atoms with E-state index in [0.717, 1.165) is 26.4 Å². The van der Waals surface area contributed by atoms with Crippen molar-refractivity contribution in [1.82, 2.24) is 0 Å². The maximum atomic E-state index is 5.52. The van der Waals surface area contributed by atoms with Crippen LogP contribution in [0.1, 0.15) is 97.3 Å². The van der Waals surface area contributed by atoms with Gasteiger partial charge < -0.3 is 9.47 Å². The second-order valence-electron chi connectivity index (χ2n) is 6.39. The van der Waals surface area contributed by atoms with E-state index >= 15 is 0 Å². The van der Waals surface area contributed by atoms with Crippen molar-refractivity contribution in [3.8, 4) is 0 Å². The zero-order valence-corrected chi connectivity index (χ0v) is 16.0. The molecule has 0 aliphatic rings. The van der Waals surface area contributed by atoms with Crippen molar-refractivity contribution in [2.75, 3.05) is 26.4 Å². The molecular weight excluding hydrogens is 284 g/mol. The first-order chi connectivity index (χ1) is 11.4. The van der Waals surface area contributed by atoms with E-state index < -0.39 is 0 Å². The Balaban J connectivity index is 3.00. The van der Waals surface area contributed by atoms with Gasteiger partial charge in [-0.2, -0.15) is 0 Å². The van der Waals surface area contributed by atoms with Crippen molar-refractivity contribution in [3.05, 3.63) is 12.2 Å². The van der Waals surface area contributed by atoms with Crippen molar-refractivity contribution in [1.29, 1.82) is 0 Å². The molecule has 2 heteroatoms. The Hall–Kier alpha value is -0.340. The topological polar surface area (TPSA) is 18.5 Å². The van der Waals surface area contributed by atoms with Gasteiger partial charge >= 0.3 is 0 Å². The van der Waals surface area contributed by atoms with Crippen LogP contribution in [-0.4, -0.2) is 26.4 Å². The third-order valence-corrected chi connectivity index (χ3v) is 4.13. The molecule has 0 aliphatic carbocycles. The van der Waals surface area contributed by atoms with Gasteiger partial charge in [0.2, 0.25) is 0 Å². The quantitative estimate of drug-likeness (QED) is 0.194. The Morgan fingerprint density at radius 1 is 0.522 bits per heavy atom. The molecule has 0 heterocycles. The molecule has 0 aromatic rings. The molecule has 2 nitrogen and oxygen atoms in total. The SMILES string of the molecule is CCCCC/C=C\CCCCCCCCCCOCCOCC. The van der Waals surface area contributed by atoms with Crippen LogP contribution in [0.15, 0.2) is 12.2 Å². The molecule has 0 rings (SSSR count). The normalized spacial score (nSPS) is 11.6. The minimum absolute atomic E-state index is 0.741. The highest BCUT2D eigenvalue weighted by Gasteiger charge is 1.93. The molecule has 0 radical (unpaired) electrons. The highest BCUT2D eigenvalue weighted by atomic mass is 16.5. The minimum Gasteiger partial charge on any atom is -0.379 e. The van der Waals surface area contributed by atoms with Gasteiger partial charge in [-0.3, -0.25) is 0 Å². The summed E-state index contributed by atoms with van der Waals surface area (Å²) in [6.07, 6.45) is 22.3. The first kappa shape index (κ1) is 22.7. The van der Waals surface area contributed by atoms with Gasteiger partial charge in [-0.05, 0) is 39.0 Å². The van der Waals surface area contributed by atoms with Crippen LogP contribution in [-0.2, 0) is 9.47 Å². The van der Waals surface area contributed by atoms with Crippen LogP contribution in [0.5, 0.6) is 0 Å². The number of hydrogen-bond acceptors (Lipinski definition) is 2. The van der Waals surface area contributed by atoms with Gasteiger partial charge in [-0.1, -0.05) is 70.4 Å². The van der Waals surface area contributed by atoms with Gasteiger partial charge in [0.25, 0.3) is 0 Å². The van der Waals surface area contributed by atoms with E-state index in [4.69, 9.17) is 9.47 Å². The highest BCUT2D eigenvalue weighted by Crippen LogP contribution is 2.10. The predicted molar refractivity (Wildman–Crippen MR) is 102 cm³/mol. The van der Waals surface area contributed by atoms with E-state index in [-0.39, 0.29) is 0 Å². The zero-order valence-electron chi connectivity index (χ0n) is 16.0. The average Bonchev–Trinajstić information content (AvgIpc) is 2.57. The van der Waals surface area contributed by atoms with Crippen molar-refractivity contribution >= 4 is 0 Å². The fraction of sp³-hybridized carbons (Fsp3) is 0.905. The molecule has 0 N–H and O–H groups in total. The summed E-state index contributed by atoms with van der Waals surface area (Å²) in [6, 6.07) is 0. The number of hydrogen-bond donors (Lipinski definition) is 0. The van der Waals surface area contributed by atoms with Crippen molar-refractivity contribution in [3.63, 3.8) is 0 Å². The molecule has 0 unspecified atom stereocenters. The Labute approximate surface area is 146 Å². The monoisotopic (exact) mass is 326 g/mol. The van der Waals surface area contributed by atoms with Crippen molar-refractivity contribution in [2.45, 2.75) is 97.3 Å². The minimum atomic E-state index is 0.741. The summed E-state index contributed by atoms with van der Waals surface area (Å²) >= 11 is 0. The van der Waals surface area contributed by atoms with Gasteiger partial charge in [0.05, 0.1) is 13.2 Å². The van der Waals surface area contributed by atoms with Gasteiger partial charge in [0, 0.05) is 13.2 Å². The summed E-state index contributed by atoms with van der Waals surface area (Å²) < 4.78 is 10.8. The smallest absolute Gasteiger partial charge is 0.0700 e. The maximum Gasteiger partial charge on any atom is 0.0700 e. The predicted octanol–water partition coefficient (Wildman–Crippen LogP) is 6.69. The number of allylic oxidation sites excluding steroid dienone is 2. The molecule has 0 spiro atoms. The van der Waals surface area contributed by atoms with Crippen LogP contribution in [0.3, 0.4) is 0 Å². The maximum absolute atomic E-state index is 5.52. The number of ether oxygens (including phenoxy) is 2. The second-order valence-corrected chi connectivity index (χ2v) is 6.39. The Morgan fingerprint density at radius 2 is 1.04 bits per heavy atom. The second kappa shape index (κ2) is 21.7. The molecule has 0 saturated carbocycles. The molecule has 138 valence electrons. The van der Waals surface area contributed by atoms with E-state index in [1.165, 1.54) is 83.5 Å². The number of rotatable bonds is 19. The van der Waals surface area contributed by atoms with Crippen LogP contribution in [0.2, 0.25) is 0 Å². The zero-order chi connectivity index (χ0) is 16.8. The summed E-state index contributed by atoms with van der Waals surface area (Å²) in [5.41, 5.74) is 0. The van der Waals surface area contributed by atoms with Crippen LogP contribution >= 0.6 is 0 Å². The molecule has 0 amide bonds. The van der Waals surface area contributed by atoms with E-state index in [0.29, 0.717) is 0 Å². The Morgan fingerprint density at radius 3 is 1.65 bits per heavy atom.